The van der Waals surface area contributed by atoms with Crippen LogP contribution in [0.1, 0.15) is 45.5 Å². The second kappa shape index (κ2) is 7.65. The van der Waals surface area contributed by atoms with Crippen molar-refractivity contribution in [2.45, 2.75) is 26.2 Å². The molecule has 1 aliphatic heterocycles. The maximum absolute atomic E-state index is 10.6. The fourth-order valence-corrected chi connectivity index (χ4v) is 2.15. The van der Waals surface area contributed by atoms with Crippen molar-refractivity contribution < 1.29 is 19.8 Å². The van der Waals surface area contributed by atoms with Gasteiger partial charge in [-0.05, 0) is 57.6 Å². The van der Waals surface area contributed by atoms with E-state index in [9.17, 15) is 9.59 Å². The highest BCUT2D eigenvalue weighted by atomic mass is 16.4. The molecule has 1 fully saturated rings. The molecule has 1 aliphatic rings. The van der Waals surface area contributed by atoms with Gasteiger partial charge in [-0.1, -0.05) is 12.5 Å². The van der Waals surface area contributed by atoms with E-state index in [0.29, 0.717) is 0 Å². The molecular formula is C15H21NO4. The standard InChI is InChI=1S/C9H8O4.C6H13N/c1-5-6(8(10)11)3-2-4-7(5)9(12)13;1-7-5-3-2-4-6-7/h2-4H,1H3,(H,10,11)(H,12,13);2-6H2,1H3. The first-order valence-electron chi connectivity index (χ1n) is 6.68. The fraction of sp³-hybridized carbons (Fsp3) is 0.467. The topological polar surface area (TPSA) is 77.8 Å². The van der Waals surface area contributed by atoms with Crippen LogP contribution in [0.4, 0.5) is 0 Å². The number of nitrogens with zero attached hydrogens (tertiary/aromatic N) is 1. The number of carboxylic acid groups (broad SMARTS) is 2. The lowest BCUT2D eigenvalue weighted by molar-refractivity contribution is 0.0696. The Kier molecular flexibility index (Phi) is 6.18. The Morgan fingerprint density at radius 2 is 1.45 bits per heavy atom. The number of carbonyl (C=O) groups is 2. The molecule has 1 aromatic rings. The first-order chi connectivity index (χ1) is 9.43. The zero-order chi connectivity index (χ0) is 15.1. The van der Waals surface area contributed by atoms with E-state index in [4.69, 9.17) is 10.2 Å². The normalized spacial score (nSPS) is 15.1. The van der Waals surface area contributed by atoms with Gasteiger partial charge in [0, 0.05) is 0 Å². The number of hydrogen-bond acceptors (Lipinski definition) is 3. The van der Waals surface area contributed by atoms with Gasteiger partial charge < -0.3 is 15.1 Å². The number of aromatic carboxylic acids is 2. The highest BCUT2D eigenvalue weighted by Gasteiger charge is 2.13. The van der Waals surface area contributed by atoms with Crippen LogP contribution in [-0.4, -0.2) is 47.2 Å². The monoisotopic (exact) mass is 279 g/mol. The van der Waals surface area contributed by atoms with Crippen molar-refractivity contribution in [2.75, 3.05) is 20.1 Å². The molecule has 2 rings (SSSR count). The molecule has 0 radical (unpaired) electrons. The van der Waals surface area contributed by atoms with Crippen molar-refractivity contribution in [3.8, 4) is 0 Å². The smallest absolute Gasteiger partial charge is 0.335 e. The van der Waals surface area contributed by atoms with E-state index in [0.717, 1.165) is 0 Å². The van der Waals surface area contributed by atoms with Gasteiger partial charge >= 0.3 is 11.9 Å². The lowest BCUT2D eigenvalue weighted by Crippen LogP contribution is -2.24. The van der Waals surface area contributed by atoms with Crippen molar-refractivity contribution in [3.05, 3.63) is 34.9 Å². The van der Waals surface area contributed by atoms with Crippen LogP contribution in [0.5, 0.6) is 0 Å². The molecule has 0 unspecified atom stereocenters. The zero-order valence-corrected chi connectivity index (χ0v) is 11.9. The first kappa shape index (κ1) is 16.2. The molecule has 110 valence electrons. The first-order valence-corrected chi connectivity index (χ1v) is 6.68. The Balaban J connectivity index is 0.000000240. The molecule has 2 N–H and O–H groups in total. The van der Waals surface area contributed by atoms with Crippen LogP contribution in [0.2, 0.25) is 0 Å². The van der Waals surface area contributed by atoms with Crippen LogP contribution in [0, 0.1) is 6.92 Å². The van der Waals surface area contributed by atoms with Crippen molar-refractivity contribution >= 4 is 11.9 Å². The summed E-state index contributed by atoms with van der Waals surface area (Å²) in [6, 6.07) is 4.17. The van der Waals surface area contributed by atoms with Gasteiger partial charge in [0.2, 0.25) is 0 Å². The summed E-state index contributed by atoms with van der Waals surface area (Å²) in [6.45, 7) is 4.12. The van der Waals surface area contributed by atoms with Gasteiger partial charge in [0.25, 0.3) is 0 Å². The van der Waals surface area contributed by atoms with Gasteiger partial charge in [0.05, 0.1) is 11.1 Å². The number of piperidine rings is 1. The van der Waals surface area contributed by atoms with Crippen molar-refractivity contribution in [3.63, 3.8) is 0 Å². The molecule has 0 amide bonds. The lowest BCUT2D eigenvalue weighted by Gasteiger charge is -2.20. The van der Waals surface area contributed by atoms with E-state index >= 15 is 0 Å². The Hall–Kier alpha value is -1.88. The Morgan fingerprint density at radius 1 is 1.00 bits per heavy atom. The van der Waals surface area contributed by atoms with Gasteiger partial charge in [0.1, 0.15) is 0 Å². The van der Waals surface area contributed by atoms with E-state index < -0.39 is 11.9 Å². The molecule has 0 atom stereocenters. The summed E-state index contributed by atoms with van der Waals surface area (Å²) in [7, 11) is 2.19. The van der Waals surface area contributed by atoms with Gasteiger partial charge in [-0.25, -0.2) is 9.59 Å². The molecule has 5 heteroatoms. The highest BCUT2D eigenvalue weighted by Crippen LogP contribution is 2.13. The van der Waals surface area contributed by atoms with E-state index in [1.807, 2.05) is 0 Å². The predicted octanol–water partition coefficient (Wildman–Crippen LogP) is 2.49. The summed E-state index contributed by atoms with van der Waals surface area (Å²) in [4.78, 5) is 23.6. The molecular weight excluding hydrogens is 258 g/mol. The van der Waals surface area contributed by atoms with Crippen LogP contribution in [0.3, 0.4) is 0 Å². The molecule has 0 spiro atoms. The average Bonchev–Trinajstić information content (AvgIpc) is 2.40. The van der Waals surface area contributed by atoms with E-state index in [2.05, 4.69) is 11.9 Å². The summed E-state index contributed by atoms with van der Waals surface area (Å²) in [5.74, 6) is -2.22. The Labute approximate surface area is 118 Å². The SMILES string of the molecule is CN1CCCCC1.Cc1c(C(=O)O)cccc1C(=O)O. The number of carboxylic acids is 2. The minimum absolute atomic E-state index is 0.0277. The van der Waals surface area contributed by atoms with Crippen molar-refractivity contribution in [1.29, 1.82) is 0 Å². The third-order valence-corrected chi connectivity index (χ3v) is 3.37. The molecule has 0 aromatic heterocycles. The van der Waals surface area contributed by atoms with Gasteiger partial charge in [-0.2, -0.15) is 0 Å². The predicted molar refractivity (Wildman–Crippen MR) is 76.4 cm³/mol. The molecule has 0 bridgehead atoms. The molecule has 20 heavy (non-hydrogen) atoms. The van der Waals surface area contributed by atoms with Crippen molar-refractivity contribution in [2.24, 2.45) is 0 Å². The third kappa shape index (κ3) is 4.66. The molecule has 0 saturated carbocycles. The number of rotatable bonds is 2. The summed E-state index contributed by atoms with van der Waals surface area (Å²) < 4.78 is 0. The number of hydrogen-bond donors (Lipinski definition) is 2. The quantitative estimate of drug-likeness (QED) is 0.869. The van der Waals surface area contributed by atoms with E-state index in [-0.39, 0.29) is 16.7 Å². The summed E-state index contributed by atoms with van der Waals surface area (Å²) in [5.41, 5.74) is 0.335. The Bertz CT molecular complexity index is 447. The average molecular weight is 279 g/mol. The second-order valence-corrected chi connectivity index (χ2v) is 4.95. The maximum atomic E-state index is 10.6. The minimum Gasteiger partial charge on any atom is -0.478 e. The fourth-order valence-electron chi connectivity index (χ4n) is 2.15. The van der Waals surface area contributed by atoms with Crippen LogP contribution < -0.4 is 0 Å². The van der Waals surface area contributed by atoms with Crippen LogP contribution in [0.25, 0.3) is 0 Å². The molecule has 1 saturated heterocycles. The summed E-state index contributed by atoms with van der Waals surface area (Å²) in [5, 5.41) is 17.4. The molecule has 1 heterocycles. The molecule has 0 aliphatic carbocycles. The lowest BCUT2D eigenvalue weighted by atomic mass is 10.0. The second-order valence-electron chi connectivity index (χ2n) is 4.95. The molecule has 5 nitrogen and oxygen atoms in total. The van der Waals surface area contributed by atoms with Gasteiger partial charge in [-0.15, -0.1) is 0 Å². The maximum Gasteiger partial charge on any atom is 0.335 e. The zero-order valence-electron chi connectivity index (χ0n) is 11.9. The third-order valence-electron chi connectivity index (χ3n) is 3.37. The van der Waals surface area contributed by atoms with E-state index in [1.54, 1.807) is 0 Å². The number of benzene rings is 1. The van der Waals surface area contributed by atoms with Gasteiger partial charge in [0.15, 0.2) is 0 Å². The van der Waals surface area contributed by atoms with Crippen LogP contribution in [-0.2, 0) is 0 Å². The minimum atomic E-state index is -1.11. The van der Waals surface area contributed by atoms with Crippen molar-refractivity contribution in [1.82, 2.24) is 4.90 Å². The summed E-state index contributed by atoms with van der Waals surface area (Å²) in [6.07, 6.45) is 4.28. The van der Waals surface area contributed by atoms with E-state index in [1.165, 1.54) is 57.5 Å². The molecule has 1 aromatic carbocycles. The van der Waals surface area contributed by atoms with Crippen LogP contribution >= 0.6 is 0 Å². The largest absolute Gasteiger partial charge is 0.478 e. The summed E-state index contributed by atoms with van der Waals surface area (Å²) >= 11 is 0. The number of likely N-dealkylation sites (tertiary alicyclic amines) is 1. The highest BCUT2D eigenvalue weighted by molar-refractivity contribution is 5.96. The van der Waals surface area contributed by atoms with Gasteiger partial charge in [-0.3, -0.25) is 0 Å². The van der Waals surface area contributed by atoms with Crippen LogP contribution in [0.15, 0.2) is 18.2 Å². The Morgan fingerprint density at radius 3 is 1.75 bits per heavy atom.